The van der Waals surface area contributed by atoms with Crippen molar-refractivity contribution in [3.8, 4) is 0 Å². The van der Waals surface area contributed by atoms with Gasteiger partial charge in [-0.2, -0.15) is 0 Å². The van der Waals surface area contributed by atoms with E-state index in [0.717, 1.165) is 0 Å². The highest BCUT2D eigenvalue weighted by Gasteiger charge is 2.20. The summed E-state index contributed by atoms with van der Waals surface area (Å²) in [4.78, 5) is 0. The standard InChI is InChI=1S/C8H18ClNO2S/c1-7(2)6-13(11,12)10(4)5-8(3)9/h7-8H,5-6H2,1-4H3. The average Bonchev–Trinajstić information content (AvgIpc) is 1.81. The molecule has 1 unspecified atom stereocenters. The lowest BCUT2D eigenvalue weighted by Crippen LogP contribution is -2.34. The zero-order valence-corrected chi connectivity index (χ0v) is 10.2. The Labute approximate surface area is 86.1 Å². The predicted molar refractivity (Wildman–Crippen MR) is 56.6 cm³/mol. The van der Waals surface area contributed by atoms with Gasteiger partial charge in [-0.25, -0.2) is 12.7 Å². The van der Waals surface area contributed by atoms with Crippen molar-refractivity contribution < 1.29 is 8.42 Å². The van der Waals surface area contributed by atoms with Gasteiger partial charge < -0.3 is 0 Å². The summed E-state index contributed by atoms with van der Waals surface area (Å²) < 4.78 is 24.4. The van der Waals surface area contributed by atoms with Gasteiger partial charge in [-0.1, -0.05) is 13.8 Å². The van der Waals surface area contributed by atoms with Crippen LogP contribution in [0.15, 0.2) is 0 Å². The van der Waals surface area contributed by atoms with E-state index in [2.05, 4.69) is 0 Å². The molecule has 0 spiro atoms. The SMILES string of the molecule is CC(C)CS(=O)(=O)N(C)CC(C)Cl. The summed E-state index contributed by atoms with van der Waals surface area (Å²) in [5, 5.41) is -0.146. The van der Waals surface area contributed by atoms with Crippen LogP contribution in [0.3, 0.4) is 0 Å². The first-order valence-electron chi connectivity index (χ1n) is 4.33. The van der Waals surface area contributed by atoms with Gasteiger partial charge in [0.15, 0.2) is 0 Å². The molecule has 0 fully saturated rings. The molecule has 0 bridgehead atoms. The Kier molecular flexibility index (Phi) is 5.25. The summed E-state index contributed by atoms with van der Waals surface area (Å²) in [5.41, 5.74) is 0. The van der Waals surface area contributed by atoms with Gasteiger partial charge in [0.2, 0.25) is 10.0 Å². The van der Waals surface area contributed by atoms with E-state index in [1.807, 2.05) is 13.8 Å². The van der Waals surface area contributed by atoms with Crippen LogP contribution in [-0.4, -0.2) is 37.4 Å². The Hall–Kier alpha value is 0.200. The Bertz CT molecular complexity index is 237. The third-order valence-electron chi connectivity index (χ3n) is 1.53. The predicted octanol–water partition coefficient (Wildman–Crippen LogP) is 1.53. The largest absolute Gasteiger partial charge is 0.214 e. The molecule has 13 heavy (non-hydrogen) atoms. The van der Waals surface area contributed by atoms with Crippen LogP contribution in [0.4, 0.5) is 0 Å². The van der Waals surface area contributed by atoms with E-state index >= 15 is 0 Å². The van der Waals surface area contributed by atoms with Gasteiger partial charge in [-0.3, -0.25) is 0 Å². The number of sulfonamides is 1. The number of rotatable bonds is 5. The lowest BCUT2D eigenvalue weighted by atomic mass is 10.3. The second-order valence-corrected chi connectivity index (χ2v) is 6.60. The van der Waals surface area contributed by atoms with Crippen molar-refractivity contribution in [2.45, 2.75) is 26.1 Å². The summed E-state index contributed by atoms with van der Waals surface area (Å²) in [6, 6.07) is 0. The Morgan fingerprint density at radius 2 is 1.77 bits per heavy atom. The van der Waals surface area contributed by atoms with Gasteiger partial charge in [0.25, 0.3) is 0 Å². The van der Waals surface area contributed by atoms with Gasteiger partial charge in [-0.05, 0) is 12.8 Å². The molecule has 0 rings (SSSR count). The summed E-state index contributed by atoms with van der Waals surface area (Å²) in [5.74, 6) is 0.339. The Morgan fingerprint density at radius 1 is 1.31 bits per heavy atom. The van der Waals surface area contributed by atoms with E-state index in [0.29, 0.717) is 6.54 Å². The van der Waals surface area contributed by atoms with Gasteiger partial charge in [-0.15, -0.1) is 11.6 Å². The first-order valence-corrected chi connectivity index (χ1v) is 6.38. The fourth-order valence-electron chi connectivity index (χ4n) is 1.02. The fraction of sp³-hybridized carbons (Fsp3) is 1.00. The molecule has 0 aromatic rings. The number of halogens is 1. The lowest BCUT2D eigenvalue weighted by molar-refractivity contribution is 0.463. The maximum atomic E-state index is 11.5. The molecule has 0 saturated carbocycles. The second-order valence-electron chi connectivity index (χ2n) is 3.73. The highest BCUT2D eigenvalue weighted by atomic mass is 35.5. The highest BCUT2D eigenvalue weighted by Crippen LogP contribution is 2.07. The molecule has 0 aliphatic heterocycles. The van der Waals surface area contributed by atoms with Crippen molar-refractivity contribution in [3.05, 3.63) is 0 Å². The zero-order valence-electron chi connectivity index (χ0n) is 8.62. The van der Waals surface area contributed by atoms with E-state index in [-0.39, 0.29) is 17.0 Å². The van der Waals surface area contributed by atoms with Crippen LogP contribution in [0, 0.1) is 5.92 Å². The molecular formula is C8H18ClNO2S. The molecule has 0 saturated heterocycles. The second kappa shape index (κ2) is 5.17. The van der Waals surface area contributed by atoms with E-state index in [1.165, 1.54) is 4.31 Å². The topological polar surface area (TPSA) is 37.4 Å². The molecule has 1 atom stereocenters. The molecule has 0 aromatic heterocycles. The monoisotopic (exact) mass is 227 g/mol. The van der Waals surface area contributed by atoms with E-state index in [1.54, 1.807) is 14.0 Å². The van der Waals surface area contributed by atoms with Crippen LogP contribution in [-0.2, 0) is 10.0 Å². The minimum Gasteiger partial charge on any atom is -0.212 e. The molecular weight excluding hydrogens is 210 g/mol. The summed E-state index contributed by atoms with van der Waals surface area (Å²) in [6.07, 6.45) is 0. The molecule has 0 radical (unpaired) electrons. The normalized spacial score (nSPS) is 15.3. The molecule has 3 nitrogen and oxygen atoms in total. The maximum Gasteiger partial charge on any atom is 0.214 e. The Morgan fingerprint density at radius 3 is 2.08 bits per heavy atom. The van der Waals surface area contributed by atoms with Crippen LogP contribution < -0.4 is 0 Å². The maximum absolute atomic E-state index is 11.5. The number of nitrogens with zero attached hydrogens (tertiary/aromatic N) is 1. The average molecular weight is 228 g/mol. The van der Waals surface area contributed by atoms with Crippen molar-refractivity contribution in [1.29, 1.82) is 0 Å². The van der Waals surface area contributed by atoms with Crippen molar-refractivity contribution >= 4 is 21.6 Å². The minimum absolute atomic E-state index is 0.146. The fourth-order valence-corrected chi connectivity index (χ4v) is 2.85. The number of hydrogen-bond acceptors (Lipinski definition) is 2. The number of hydrogen-bond donors (Lipinski definition) is 0. The summed E-state index contributed by atoms with van der Waals surface area (Å²) in [7, 11) is -1.54. The molecule has 0 aromatic carbocycles. The quantitative estimate of drug-likeness (QED) is 0.668. The van der Waals surface area contributed by atoms with Crippen LogP contribution in [0.2, 0.25) is 0 Å². The lowest BCUT2D eigenvalue weighted by Gasteiger charge is -2.19. The summed E-state index contributed by atoms with van der Waals surface area (Å²) in [6.45, 7) is 5.92. The van der Waals surface area contributed by atoms with Crippen LogP contribution >= 0.6 is 11.6 Å². The van der Waals surface area contributed by atoms with Gasteiger partial charge >= 0.3 is 0 Å². The van der Waals surface area contributed by atoms with Crippen LogP contribution in [0.1, 0.15) is 20.8 Å². The molecule has 5 heteroatoms. The molecule has 80 valence electrons. The van der Waals surface area contributed by atoms with Crippen molar-refractivity contribution in [3.63, 3.8) is 0 Å². The zero-order chi connectivity index (χ0) is 10.6. The van der Waals surface area contributed by atoms with Gasteiger partial charge in [0, 0.05) is 19.0 Å². The molecule has 0 heterocycles. The molecule has 0 aliphatic carbocycles. The smallest absolute Gasteiger partial charge is 0.212 e. The highest BCUT2D eigenvalue weighted by molar-refractivity contribution is 7.89. The number of alkyl halides is 1. The molecule has 0 N–H and O–H groups in total. The molecule has 0 aliphatic rings. The van der Waals surface area contributed by atoms with Crippen molar-refractivity contribution in [2.24, 2.45) is 5.92 Å². The van der Waals surface area contributed by atoms with Gasteiger partial charge in [0.1, 0.15) is 0 Å². The first kappa shape index (κ1) is 13.2. The summed E-state index contributed by atoms with van der Waals surface area (Å²) >= 11 is 5.71. The van der Waals surface area contributed by atoms with Crippen molar-refractivity contribution in [1.82, 2.24) is 4.31 Å². The minimum atomic E-state index is -3.11. The van der Waals surface area contributed by atoms with Gasteiger partial charge in [0.05, 0.1) is 5.75 Å². The van der Waals surface area contributed by atoms with Crippen LogP contribution in [0.25, 0.3) is 0 Å². The first-order chi connectivity index (χ1) is 5.75. The van der Waals surface area contributed by atoms with E-state index in [9.17, 15) is 8.42 Å². The van der Waals surface area contributed by atoms with Crippen LogP contribution in [0.5, 0.6) is 0 Å². The molecule has 0 amide bonds. The Balaban J connectivity index is 4.29. The van der Waals surface area contributed by atoms with E-state index in [4.69, 9.17) is 11.6 Å². The third kappa shape index (κ3) is 5.49. The van der Waals surface area contributed by atoms with Crippen molar-refractivity contribution in [2.75, 3.05) is 19.3 Å². The third-order valence-corrected chi connectivity index (χ3v) is 3.85. The van der Waals surface area contributed by atoms with E-state index < -0.39 is 10.0 Å².